The zero-order valence-corrected chi connectivity index (χ0v) is 10.6. The van der Waals surface area contributed by atoms with Crippen molar-refractivity contribution in [2.24, 2.45) is 11.8 Å². The monoisotopic (exact) mass is 283 g/mol. The second-order valence-electron chi connectivity index (χ2n) is 4.97. The first-order valence-corrected chi connectivity index (χ1v) is 6.75. The lowest BCUT2D eigenvalue weighted by Crippen LogP contribution is -2.24. The number of rotatable bonds is 4. The number of nitrogens with one attached hydrogen (secondary N) is 1. The van der Waals surface area contributed by atoms with Crippen LogP contribution in [0.15, 0.2) is 22.7 Å². The molecular weight excluding hydrogens is 269 g/mol. The summed E-state index contributed by atoms with van der Waals surface area (Å²) < 4.78 is 13.6. The highest BCUT2D eigenvalue weighted by molar-refractivity contribution is 9.10. The number of hydrogen-bond donors (Lipinski definition) is 1. The number of halogens is 2. The van der Waals surface area contributed by atoms with Gasteiger partial charge in [0.1, 0.15) is 5.82 Å². The molecule has 2 fully saturated rings. The first-order valence-electron chi connectivity index (χ1n) is 5.95. The first-order chi connectivity index (χ1) is 7.74. The van der Waals surface area contributed by atoms with Gasteiger partial charge in [-0.15, -0.1) is 0 Å². The van der Waals surface area contributed by atoms with E-state index >= 15 is 0 Å². The standard InChI is InChI=1S/C13H15BrFN/c14-11-7-10(5-6-12(11)15)16-13(8-1-2-8)9-3-4-9/h5-9,13,16H,1-4H2. The fourth-order valence-corrected chi connectivity index (χ4v) is 2.69. The van der Waals surface area contributed by atoms with Gasteiger partial charge in [-0.05, 0) is 71.6 Å². The van der Waals surface area contributed by atoms with Gasteiger partial charge in [-0.1, -0.05) is 0 Å². The quantitative estimate of drug-likeness (QED) is 0.874. The van der Waals surface area contributed by atoms with Gasteiger partial charge in [0.15, 0.2) is 0 Å². The number of anilines is 1. The van der Waals surface area contributed by atoms with Gasteiger partial charge in [-0.25, -0.2) is 4.39 Å². The summed E-state index contributed by atoms with van der Waals surface area (Å²) in [6.07, 6.45) is 5.43. The number of hydrogen-bond acceptors (Lipinski definition) is 1. The number of benzene rings is 1. The maximum atomic E-state index is 13.1. The van der Waals surface area contributed by atoms with Crippen molar-refractivity contribution in [3.8, 4) is 0 Å². The van der Waals surface area contributed by atoms with E-state index < -0.39 is 0 Å². The highest BCUT2D eigenvalue weighted by Crippen LogP contribution is 2.45. The van der Waals surface area contributed by atoms with E-state index in [1.165, 1.54) is 31.7 Å². The highest BCUT2D eigenvalue weighted by Gasteiger charge is 2.41. The molecule has 0 atom stereocenters. The van der Waals surface area contributed by atoms with Gasteiger partial charge in [0.2, 0.25) is 0 Å². The molecule has 0 heterocycles. The van der Waals surface area contributed by atoms with Crippen molar-refractivity contribution in [2.75, 3.05) is 5.32 Å². The van der Waals surface area contributed by atoms with Crippen molar-refractivity contribution in [1.82, 2.24) is 0 Å². The molecule has 0 bridgehead atoms. The summed E-state index contributed by atoms with van der Waals surface area (Å²) in [5, 5.41) is 3.57. The Morgan fingerprint density at radius 1 is 1.19 bits per heavy atom. The van der Waals surface area contributed by atoms with Crippen LogP contribution in [0.4, 0.5) is 10.1 Å². The third-order valence-corrected chi connectivity index (χ3v) is 4.12. The van der Waals surface area contributed by atoms with Crippen molar-refractivity contribution in [1.29, 1.82) is 0 Å². The predicted octanol–water partition coefficient (Wildman–Crippen LogP) is 4.19. The molecule has 2 saturated carbocycles. The molecule has 16 heavy (non-hydrogen) atoms. The molecule has 0 aliphatic heterocycles. The molecule has 1 nitrogen and oxygen atoms in total. The Hall–Kier alpha value is -0.570. The Morgan fingerprint density at radius 3 is 2.31 bits per heavy atom. The average molecular weight is 284 g/mol. The minimum Gasteiger partial charge on any atom is -0.382 e. The Balaban J connectivity index is 1.73. The van der Waals surface area contributed by atoms with Crippen molar-refractivity contribution < 1.29 is 4.39 Å². The molecule has 0 unspecified atom stereocenters. The van der Waals surface area contributed by atoms with Crippen LogP contribution in [0.3, 0.4) is 0 Å². The van der Waals surface area contributed by atoms with E-state index in [1.807, 2.05) is 12.1 Å². The van der Waals surface area contributed by atoms with Crippen molar-refractivity contribution in [3.05, 3.63) is 28.5 Å². The van der Waals surface area contributed by atoms with Crippen LogP contribution in [0.25, 0.3) is 0 Å². The Kier molecular flexibility index (Phi) is 2.66. The van der Waals surface area contributed by atoms with E-state index in [9.17, 15) is 4.39 Å². The lowest BCUT2D eigenvalue weighted by molar-refractivity contribution is 0.567. The molecule has 2 aliphatic carbocycles. The summed E-state index contributed by atoms with van der Waals surface area (Å²) in [5.41, 5.74) is 1.04. The second-order valence-corrected chi connectivity index (χ2v) is 5.83. The normalized spacial score (nSPS) is 20.2. The van der Waals surface area contributed by atoms with Gasteiger partial charge in [0.25, 0.3) is 0 Å². The first kappa shape index (κ1) is 10.6. The van der Waals surface area contributed by atoms with E-state index in [0.29, 0.717) is 10.5 Å². The topological polar surface area (TPSA) is 12.0 Å². The lowest BCUT2D eigenvalue weighted by Gasteiger charge is -2.19. The molecular formula is C13H15BrFN. The lowest BCUT2D eigenvalue weighted by atomic mass is 10.1. The van der Waals surface area contributed by atoms with Gasteiger partial charge in [0.05, 0.1) is 4.47 Å². The van der Waals surface area contributed by atoms with Crippen LogP contribution in [-0.4, -0.2) is 6.04 Å². The highest BCUT2D eigenvalue weighted by atomic mass is 79.9. The Bertz CT molecular complexity index is 387. The van der Waals surface area contributed by atoms with Gasteiger partial charge < -0.3 is 5.32 Å². The minimum atomic E-state index is -0.194. The Labute approximate surface area is 104 Å². The third-order valence-electron chi connectivity index (χ3n) is 3.51. The largest absolute Gasteiger partial charge is 0.382 e. The molecule has 0 spiro atoms. The van der Waals surface area contributed by atoms with Crippen LogP contribution in [0.1, 0.15) is 25.7 Å². The maximum Gasteiger partial charge on any atom is 0.137 e. The molecule has 0 radical (unpaired) electrons. The van der Waals surface area contributed by atoms with Crippen molar-refractivity contribution >= 4 is 21.6 Å². The van der Waals surface area contributed by atoms with Crippen LogP contribution in [0.2, 0.25) is 0 Å². The summed E-state index contributed by atoms with van der Waals surface area (Å²) in [7, 11) is 0. The van der Waals surface area contributed by atoms with E-state index in [1.54, 1.807) is 0 Å². The summed E-state index contributed by atoms with van der Waals surface area (Å²) in [4.78, 5) is 0. The van der Waals surface area contributed by atoms with Crippen LogP contribution in [0, 0.1) is 17.7 Å². The van der Waals surface area contributed by atoms with E-state index in [4.69, 9.17) is 0 Å². The van der Waals surface area contributed by atoms with Gasteiger partial charge in [0, 0.05) is 11.7 Å². The summed E-state index contributed by atoms with van der Waals surface area (Å²) >= 11 is 3.23. The molecule has 1 aromatic carbocycles. The zero-order valence-electron chi connectivity index (χ0n) is 9.05. The molecule has 0 saturated heterocycles. The molecule has 2 aliphatic rings. The fourth-order valence-electron chi connectivity index (χ4n) is 2.31. The van der Waals surface area contributed by atoms with Gasteiger partial charge >= 0.3 is 0 Å². The summed E-state index contributed by atoms with van der Waals surface area (Å²) in [6, 6.07) is 5.81. The molecule has 3 rings (SSSR count). The molecule has 86 valence electrons. The van der Waals surface area contributed by atoms with Crippen molar-refractivity contribution in [3.63, 3.8) is 0 Å². The maximum absolute atomic E-state index is 13.1. The van der Waals surface area contributed by atoms with Gasteiger partial charge in [-0.2, -0.15) is 0 Å². The smallest absolute Gasteiger partial charge is 0.137 e. The van der Waals surface area contributed by atoms with Gasteiger partial charge in [-0.3, -0.25) is 0 Å². The van der Waals surface area contributed by atoms with Crippen LogP contribution in [-0.2, 0) is 0 Å². The fraction of sp³-hybridized carbons (Fsp3) is 0.538. The zero-order chi connectivity index (χ0) is 11.1. The molecule has 0 aromatic heterocycles. The molecule has 3 heteroatoms. The van der Waals surface area contributed by atoms with Crippen LogP contribution in [0.5, 0.6) is 0 Å². The third kappa shape index (κ3) is 2.24. The SMILES string of the molecule is Fc1ccc(NC(C2CC2)C2CC2)cc1Br. The summed E-state index contributed by atoms with van der Waals surface area (Å²) in [5.74, 6) is 1.52. The average Bonchev–Trinajstić information content (AvgIpc) is 3.14. The van der Waals surface area contributed by atoms with E-state index in [2.05, 4.69) is 21.2 Å². The predicted molar refractivity (Wildman–Crippen MR) is 67.0 cm³/mol. The van der Waals surface area contributed by atoms with E-state index in [-0.39, 0.29) is 5.82 Å². The molecule has 1 aromatic rings. The van der Waals surface area contributed by atoms with E-state index in [0.717, 1.165) is 17.5 Å². The van der Waals surface area contributed by atoms with Crippen LogP contribution < -0.4 is 5.32 Å². The minimum absolute atomic E-state index is 0.194. The second kappa shape index (κ2) is 4.02. The summed E-state index contributed by atoms with van der Waals surface area (Å²) in [6.45, 7) is 0. The Morgan fingerprint density at radius 2 is 1.81 bits per heavy atom. The van der Waals surface area contributed by atoms with Crippen LogP contribution >= 0.6 is 15.9 Å². The van der Waals surface area contributed by atoms with Crippen molar-refractivity contribution in [2.45, 2.75) is 31.7 Å². The molecule has 0 amide bonds. The molecule has 1 N–H and O–H groups in total.